The molecule has 0 radical (unpaired) electrons. The third-order valence-corrected chi connectivity index (χ3v) is 2.29. The lowest BCUT2D eigenvalue weighted by molar-refractivity contribution is -0.137. The van der Waals surface area contributed by atoms with Gasteiger partial charge < -0.3 is 4.74 Å². The van der Waals surface area contributed by atoms with E-state index in [1.807, 2.05) is 13.1 Å². The van der Waals surface area contributed by atoms with Crippen molar-refractivity contribution in [2.24, 2.45) is 7.05 Å². The van der Waals surface area contributed by atoms with Crippen LogP contribution in [-0.2, 0) is 16.6 Å². The number of hydrogen-bond acceptors (Lipinski definition) is 4. The molecule has 0 aliphatic heterocycles. The molecule has 0 saturated carbocycles. The van der Waals surface area contributed by atoms with Gasteiger partial charge in [-0.15, -0.1) is 0 Å². The molecule has 2 rings (SSSR count). The normalized spacial score (nSPS) is 11.2. The third-order valence-electron chi connectivity index (χ3n) is 2.29. The predicted molar refractivity (Wildman–Crippen MR) is 64.2 cm³/mol. The third kappa shape index (κ3) is 2.50. The van der Waals surface area contributed by atoms with E-state index in [-0.39, 0.29) is 5.97 Å². The first-order chi connectivity index (χ1) is 8.20. The molecule has 0 aliphatic carbocycles. The van der Waals surface area contributed by atoms with Gasteiger partial charge in [0.2, 0.25) is 0 Å². The fourth-order valence-electron chi connectivity index (χ4n) is 1.51. The molecule has 88 valence electrons. The maximum atomic E-state index is 11.1. The first kappa shape index (κ1) is 11.3. The summed E-state index contributed by atoms with van der Waals surface area (Å²) in [4.78, 5) is 15.4. The van der Waals surface area contributed by atoms with Crippen LogP contribution in [0.3, 0.4) is 0 Å². The number of hydrogen-bond donors (Lipinski definition) is 0. The summed E-state index contributed by atoms with van der Waals surface area (Å²) in [7, 11) is 1.84. The number of pyridine rings is 1. The lowest BCUT2D eigenvalue weighted by atomic mass is 10.2. The van der Waals surface area contributed by atoms with Crippen molar-refractivity contribution in [3.8, 4) is 0 Å². The minimum Gasteiger partial charge on any atom is -0.463 e. The van der Waals surface area contributed by atoms with Crippen LogP contribution in [0, 0.1) is 0 Å². The molecule has 0 N–H and O–H groups in total. The molecule has 5 nitrogen and oxygen atoms in total. The minimum atomic E-state index is -0.348. The maximum Gasteiger partial charge on any atom is 0.330 e. The maximum absolute atomic E-state index is 11.1. The van der Waals surface area contributed by atoms with E-state index in [9.17, 15) is 4.79 Å². The molecule has 17 heavy (non-hydrogen) atoms. The van der Waals surface area contributed by atoms with E-state index in [2.05, 4.69) is 10.1 Å². The quantitative estimate of drug-likeness (QED) is 0.594. The Morgan fingerprint density at radius 1 is 1.53 bits per heavy atom. The van der Waals surface area contributed by atoms with Crippen LogP contribution in [0.2, 0.25) is 0 Å². The van der Waals surface area contributed by atoms with E-state index >= 15 is 0 Å². The lowest BCUT2D eigenvalue weighted by Gasteiger charge is -1.96. The Morgan fingerprint density at radius 2 is 2.35 bits per heavy atom. The van der Waals surface area contributed by atoms with E-state index in [1.54, 1.807) is 30.1 Å². The molecule has 0 aromatic carbocycles. The summed E-state index contributed by atoms with van der Waals surface area (Å²) in [5.74, 6) is -0.348. The monoisotopic (exact) mass is 231 g/mol. The zero-order valence-electron chi connectivity index (χ0n) is 9.75. The number of rotatable bonds is 3. The molecule has 0 amide bonds. The van der Waals surface area contributed by atoms with E-state index in [1.165, 1.54) is 6.08 Å². The number of fused-ring (bicyclic) bond motifs is 1. The van der Waals surface area contributed by atoms with Crippen LogP contribution in [0.5, 0.6) is 0 Å². The molecule has 0 atom stereocenters. The van der Waals surface area contributed by atoms with Gasteiger partial charge in [0.25, 0.3) is 0 Å². The van der Waals surface area contributed by atoms with Crippen LogP contribution in [0.1, 0.15) is 12.5 Å². The lowest BCUT2D eigenvalue weighted by Crippen LogP contribution is -1.98. The van der Waals surface area contributed by atoms with Crippen molar-refractivity contribution in [2.45, 2.75) is 6.92 Å². The van der Waals surface area contributed by atoms with Crippen LogP contribution < -0.4 is 0 Å². The number of aryl methyl sites for hydroxylation is 1. The Balaban J connectivity index is 2.22. The molecular formula is C12H13N3O2. The standard InChI is InChI=1S/C12H13N3O2/c1-3-17-11(16)5-4-9-6-10-8-14-15(2)12(10)13-7-9/h4-8H,3H2,1-2H3/b5-4+. The van der Waals surface area contributed by atoms with Gasteiger partial charge in [-0.3, -0.25) is 4.68 Å². The highest BCUT2D eigenvalue weighted by Gasteiger charge is 2.01. The predicted octanol–water partition coefficient (Wildman–Crippen LogP) is 1.54. The summed E-state index contributed by atoms with van der Waals surface area (Å²) >= 11 is 0. The van der Waals surface area contributed by atoms with Gasteiger partial charge in [0.15, 0.2) is 5.65 Å². The zero-order valence-corrected chi connectivity index (χ0v) is 9.75. The van der Waals surface area contributed by atoms with Crippen molar-refractivity contribution in [2.75, 3.05) is 6.61 Å². The van der Waals surface area contributed by atoms with Crippen molar-refractivity contribution in [3.63, 3.8) is 0 Å². The molecule has 0 bridgehead atoms. The second kappa shape index (κ2) is 4.78. The number of carbonyl (C=O) groups is 1. The van der Waals surface area contributed by atoms with Gasteiger partial charge in [-0.25, -0.2) is 9.78 Å². The molecule has 0 saturated heterocycles. The molecule has 0 fully saturated rings. The fourth-order valence-corrected chi connectivity index (χ4v) is 1.51. The van der Waals surface area contributed by atoms with E-state index in [4.69, 9.17) is 4.74 Å². The first-order valence-corrected chi connectivity index (χ1v) is 5.33. The molecule has 5 heteroatoms. The van der Waals surface area contributed by atoms with Gasteiger partial charge in [0, 0.05) is 24.7 Å². The van der Waals surface area contributed by atoms with Crippen molar-refractivity contribution >= 4 is 23.1 Å². The van der Waals surface area contributed by atoms with Crippen molar-refractivity contribution < 1.29 is 9.53 Å². The number of esters is 1. The van der Waals surface area contributed by atoms with Crippen LogP contribution in [-0.4, -0.2) is 27.3 Å². The molecule has 0 spiro atoms. The Bertz CT molecular complexity index is 572. The van der Waals surface area contributed by atoms with Gasteiger partial charge in [-0.1, -0.05) is 0 Å². The second-order valence-corrected chi connectivity index (χ2v) is 3.54. The SMILES string of the molecule is CCOC(=O)/C=C/c1cnc2c(cnn2C)c1. The van der Waals surface area contributed by atoms with E-state index in [0.29, 0.717) is 6.61 Å². The summed E-state index contributed by atoms with van der Waals surface area (Å²) in [6.07, 6.45) is 6.50. The Kier molecular flexibility index (Phi) is 3.18. The average Bonchev–Trinajstić information content (AvgIpc) is 2.69. The summed E-state index contributed by atoms with van der Waals surface area (Å²) in [6.45, 7) is 2.15. The number of nitrogens with zero attached hydrogens (tertiary/aromatic N) is 3. The van der Waals surface area contributed by atoms with E-state index in [0.717, 1.165) is 16.6 Å². The number of carbonyl (C=O) groups excluding carboxylic acids is 1. The molecule has 2 aromatic heterocycles. The van der Waals surface area contributed by atoms with Crippen LogP contribution in [0.15, 0.2) is 24.5 Å². The van der Waals surface area contributed by atoms with Crippen molar-refractivity contribution in [1.82, 2.24) is 14.8 Å². The first-order valence-electron chi connectivity index (χ1n) is 5.33. The summed E-state index contributed by atoms with van der Waals surface area (Å²) in [5, 5.41) is 5.04. The highest BCUT2D eigenvalue weighted by molar-refractivity contribution is 5.88. The Hall–Kier alpha value is -2.17. The fraction of sp³-hybridized carbons (Fsp3) is 0.250. The minimum absolute atomic E-state index is 0.348. The van der Waals surface area contributed by atoms with Gasteiger partial charge in [-0.2, -0.15) is 5.10 Å². The number of ether oxygens (including phenoxy) is 1. The van der Waals surface area contributed by atoms with E-state index < -0.39 is 0 Å². The van der Waals surface area contributed by atoms with Gasteiger partial charge >= 0.3 is 5.97 Å². The van der Waals surface area contributed by atoms with Gasteiger partial charge in [0.05, 0.1) is 12.8 Å². The molecular weight excluding hydrogens is 218 g/mol. The molecule has 2 aromatic rings. The van der Waals surface area contributed by atoms with Crippen LogP contribution >= 0.6 is 0 Å². The van der Waals surface area contributed by atoms with Gasteiger partial charge in [0.1, 0.15) is 0 Å². The summed E-state index contributed by atoms with van der Waals surface area (Å²) in [5.41, 5.74) is 1.66. The highest BCUT2D eigenvalue weighted by atomic mass is 16.5. The van der Waals surface area contributed by atoms with Crippen molar-refractivity contribution in [1.29, 1.82) is 0 Å². The average molecular weight is 231 g/mol. The van der Waals surface area contributed by atoms with Crippen LogP contribution in [0.4, 0.5) is 0 Å². The zero-order chi connectivity index (χ0) is 12.3. The highest BCUT2D eigenvalue weighted by Crippen LogP contribution is 2.12. The summed E-state index contributed by atoms with van der Waals surface area (Å²) < 4.78 is 6.50. The topological polar surface area (TPSA) is 57.0 Å². The smallest absolute Gasteiger partial charge is 0.330 e. The van der Waals surface area contributed by atoms with Crippen molar-refractivity contribution in [3.05, 3.63) is 30.1 Å². The molecule has 0 unspecified atom stereocenters. The van der Waals surface area contributed by atoms with Gasteiger partial charge in [-0.05, 0) is 24.6 Å². The second-order valence-electron chi connectivity index (χ2n) is 3.54. The number of aromatic nitrogens is 3. The molecule has 2 heterocycles. The Morgan fingerprint density at radius 3 is 3.12 bits per heavy atom. The summed E-state index contributed by atoms with van der Waals surface area (Å²) in [6, 6.07) is 1.92. The largest absolute Gasteiger partial charge is 0.463 e. The Labute approximate surface area is 98.7 Å². The van der Waals surface area contributed by atoms with Crippen LogP contribution in [0.25, 0.3) is 17.1 Å². The molecule has 0 aliphatic rings.